The van der Waals surface area contributed by atoms with E-state index in [1.165, 1.54) is 12.1 Å². The predicted octanol–water partition coefficient (Wildman–Crippen LogP) is 3.46. The van der Waals surface area contributed by atoms with Gasteiger partial charge in [-0.3, -0.25) is 0 Å². The van der Waals surface area contributed by atoms with E-state index in [9.17, 15) is 4.79 Å². The van der Waals surface area contributed by atoms with E-state index in [1.807, 2.05) is 0 Å². The van der Waals surface area contributed by atoms with Gasteiger partial charge in [-0.2, -0.15) is 0 Å². The van der Waals surface area contributed by atoms with Crippen LogP contribution >= 0.6 is 23.2 Å². The van der Waals surface area contributed by atoms with Crippen molar-refractivity contribution in [2.24, 2.45) is 0 Å². The number of carboxylic acids is 1. The number of nitrogens with zero attached hydrogens (tertiary/aromatic N) is 1. The third-order valence-corrected chi connectivity index (χ3v) is 2.77. The van der Waals surface area contributed by atoms with Crippen molar-refractivity contribution in [1.82, 2.24) is 4.98 Å². The number of hydrogen-bond donors (Lipinski definition) is 2. The minimum absolute atomic E-state index is 0.0259. The largest absolute Gasteiger partial charge is 0.478 e. The fraction of sp³-hybridized carbons (Fsp3) is 0. The van der Waals surface area contributed by atoms with Gasteiger partial charge in [0, 0.05) is 17.3 Å². The molecule has 0 fully saturated rings. The number of nitrogen functional groups attached to an aromatic ring is 1. The molecule has 1 heterocycles. The van der Waals surface area contributed by atoms with E-state index in [-0.39, 0.29) is 22.9 Å². The number of rotatable bonds is 3. The van der Waals surface area contributed by atoms with Gasteiger partial charge in [-0.25, -0.2) is 9.78 Å². The van der Waals surface area contributed by atoms with Crippen molar-refractivity contribution < 1.29 is 14.6 Å². The Bertz CT molecular complexity index is 647. The SMILES string of the molecule is Nc1cc(C(=O)O)cnc1Oc1cc(Cl)ccc1Cl. The summed E-state index contributed by atoms with van der Waals surface area (Å²) in [6.45, 7) is 0. The molecule has 0 bridgehead atoms. The third-order valence-electron chi connectivity index (χ3n) is 2.23. The fourth-order valence-corrected chi connectivity index (χ4v) is 1.65. The van der Waals surface area contributed by atoms with E-state index >= 15 is 0 Å². The second-order valence-corrected chi connectivity index (χ2v) is 4.44. The van der Waals surface area contributed by atoms with Crippen LogP contribution in [0.5, 0.6) is 11.6 Å². The van der Waals surface area contributed by atoms with Gasteiger partial charge < -0.3 is 15.6 Å². The lowest BCUT2D eigenvalue weighted by Gasteiger charge is -2.09. The summed E-state index contributed by atoms with van der Waals surface area (Å²) in [6.07, 6.45) is 1.15. The molecule has 19 heavy (non-hydrogen) atoms. The van der Waals surface area contributed by atoms with Gasteiger partial charge in [0.1, 0.15) is 5.75 Å². The Labute approximate surface area is 118 Å². The number of halogens is 2. The van der Waals surface area contributed by atoms with Crippen LogP contribution in [0.2, 0.25) is 10.0 Å². The standard InChI is InChI=1S/C12H8Cl2N2O3/c13-7-1-2-8(14)10(4-7)19-11-9(15)3-6(5-16-11)12(17)18/h1-5H,15H2,(H,17,18). The molecular formula is C12H8Cl2N2O3. The van der Waals surface area contributed by atoms with Crippen molar-refractivity contribution in [2.75, 3.05) is 5.73 Å². The molecule has 1 aromatic heterocycles. The normalized spacial score (nSPS) is 10.2. The molecule has 0 saturated carbocycles. The minimum atomic E-state index is -1.12. The lowest BCUT2D eigenvalue weighted by Crippen LogP contribution is -2.01. The predicted molar refractivity (Wildman–Crippen MR) is 72.1 cm³/mol. The Morgan fingerprint density at radius 1 is 1.32 bits per heavy atom. The summed E-state index contributed by atoms with van der Waals surface area (Å²) in [5.41, 5.74) is 5.74. The molecule has 0 atom stereocenters. The molecule has 1 aromatic carbocycles. The van der Waals surface area contributed by atoms with Gasteiger partial charge in [-0.05, 0) is 18.2 Å². The van der Waals surface area contributed by atoms with Crippen molar-refractivity contribution >= 4 is 34.9 Å². The lowest BCUT2D eigenvalue weighted by molar-refractivity contribution is 0.0696. The maximum Gasteiger partial charge on any atom is 0.337 e. The topological polar surface area (TPSA) is 85.4 Å². The molecule has 5 nitrogen and oxygen atoms in total. The highest BCUT2D eigenvalue weighted by molar-refractivity contribution is 6.34. The van der Waals surface area contributed by atoms with Crippen LogP contribution in [0.15, 0.2) is 30.5 Å². The molecule has 0 aliphatic rings. The van der Waals surface area contributed by atoms with E-state index in [0.29, 0.717) is 10.0 Å². The number of pyridine rings is 1. The number of anilines is 1. The highest BCUT2D eigenvalue weighted by Gasteiger charge is 2.11. The molecule has 0 saturated heterocycles. The Hall–Kier alpha value is -1.98. The molecule has 0 amide bonds. The summed E-state index contributed by atoms with van der Waals surface area (Å²) in [4.78, 5) is 14.6. The Kier molecular flexibility index (Phi) is 3.78. The van der Waals surface area contributed by atoms with Gasteiger partial charge in [-0.1, -0.05) is 23.2 Å². The van der Waals surface area contributed by atoms with Crippen LogP contribution in [-0.2, 0) is 0 Å². The lowest BCUT2D eigenvalue weighted by atomic mass is 10.2. The highest BCUT2D eigenvalue weighted by atomic mass is 35.5. The highest BCUT2D eigenvalue weighted by Crippen LogP contribution is 2.33. The second-order valence-electron chi connectivity index (χ2n) is 3.60. The van der Waals surface area contributed by atoms with Gasteiger partial charge in [0.25, 0.3) is 0 Å². The number of aromatic nitrogens is 1. The van der Waals surface area contributed by atoms with Crippen LogP contribution in [0.25, 0.3) is 0 Å². The zero-order chi connectivity index (χ0) is 14.0. The van der Waals surface area contributed by atoms with Crippen molar-refractivity contribution in [1.29, 1.82) is 0 Å². The summed E-state index contributed by atoms with van der Waals surface area (Å²) in [7, 11) is 0. The van der Waals surface area contributed by atoms with Gasteiger partial charge >= 0.3 is 5.97 Å². The van der Waals surface area contributed by atoms with Crippen molar-refractivity contribution in [2.45, 2.75) is 0 Å². The third kappa shape index (κ3) is 3.07. The van der Waals surface area contributed by atoms with E-state index in [2.05, 4.69) is 4.98 Å². The Morgan fingerprint density at radius 2 is 2.05 bits per heavy atom. The first-order chi connectivity index (χ1) is 8.97. The van der Waals surface area contributed by atoms with Gasteiger partial charge in [0.15, 0.2) is 0 Å². The Balaban J connectivity index is 2.33. The number of nitrogens with two attached hydrogens (primary N) is 1. The van der Waals surface area contributed by atoms with Crippen molar-refractivity contribution in [3.8, 4) is 11.6 Å². The van der Waals surface area contributed by atoms with Crippen molar-refractivity contribution in [3.63, 3.8) is 0 Å². The maximum absolute atomic E-state index is 10.7. The number of hydrogen-bond acceptors (Lipinski definition) is 4. The smallest absolute Gasteiger partial charge is 0.337 e. The number of carboxylic acid groups (broad SMARTS) is 1. The molecule has 2 rings (SSSR count). The monoisotopic (exact) mass is 298 g/mol. The quantitative estimate of drug-likeness (QED) is 0.906. The van der Waals surface area contributed by atoms with Crippen LogP contribution < -0.4 is 10.5 Å². The average molecular weight is 299 g/mol. The van der Waals surface area contributed by atoms with E-state index in [4.69, 9.17) is 38.8 Å². The first kappa shape index (κ1) is 13.5. The molecule has 2 aromatic rings. The zero-order valence-electron chi connectivity index (χ0n) is 9.43. The van der Waals surface area contributed by atoms with E-state index in [1.54, 1.807) is 12.1 Å². The first-order valence-electron chi connectivity index (χ1n) is 5.09. The van der Waals surface area contributed by atoms with E-state index in [0.717, 1.165) is 6.20 Å². The van der Waals surface area contributed by atoms with Crippen molar-refractivity contribution in [3.05, 3.63) is 46.1 Å². The van der Waals surface area contributed by atoms with Gasteiger partial charge in [-0.15, -0.1) is 0 Å². The summed E-state index contributed by atoms with van der Waals surface area (Å²) >= 11 is 11.8. The van der Waals surface area contributed by atoms with Crippen LogP contribution in [0.4, 0.5) is 5.69 Å². The van der Waals surface area contributed by atoms with Crippen LogP contribution in [0.1, 0.15) is 10.4 Å². The summed E-state index contributed by atoms with van der Waals surface area (Å²) in [5, 5.41) is 9.58. The fourth-order valence-electron chi connectivity index (χ4n) is 1.33. The van der Waals surface area contributed by atoms with Crippen LogP contribution in [0.3, 0.4) is 0 Å². The minimum Gasteiger partial charge on any atom is -0.478 e. The molecule has 0 unspecified atom stereocenters. The van der Waals surface area contributed by atoms with Crippen LogP contribution in [-0.4, -0.2) is 16.1 Å². The molecule has 7 heteroatoms. The molecular weight excluding hydrogens is 291 g/mol. The molecule has 98 valence electrons. The number of aromatic carboxylic acids is 1. The number of carbonyl (C=O) groups is 1. The average Bonchev–Trinajstić information content (AvgIpc) is 2.36. The number of benzene rings is 1. The first-order valence-corrected chi connectivity index (χ1v) is 5.84. The van der Waals surface area contributed by atoms with Gasteiger partial charge in [0.2, 0.25) is 5.88 Å². The zero-order valence-corrected chi connectivity index (χ0v) is 10.9. The van der Waals surface area contributed by atoms with Gasteiger partial charge in [0.05, 0.1) is 16.3 Å². The second kappa shape index (κ2) is 5.34. The summed E-state index contributed by atoms with van der Waals surface area (Å²) < 4.78 is 5.41. The Morgan fingerprint density at radius 3 is 2.68 bits per heavy atom. The summed E-state index contributed by atoms with van der Waals surface area (Å²) in [6, 6.07) is 5.95. The molecule has 0 aliphatic carbocycles. The van der Waals surface area contributed by atoms with E-state index < -0.39 is 5.97 Å². The summed E-state index contributed by atoms with van der Waals surface area (Å²) in [5.74, 6) is -0.767. The van der Waals surface area contributed by atoms with Crippen LogP contribution in [0, 0.1) is 0 Å². The molecule has 0 spiro atoms. The molecule has 3 N–H and O–H groups in total. The number of ether oxygens (including phenoxy) is 1. The molecule has 0 radical (unpaired) electrons. The molecule has 0 aliphatic heterocycles. The maximum atomic E-state index is 10.7.